The van der Waals surface area contributed by atoms with Crippen molar-refractivity contribution in [2.75, 3.05) is 30.0 Å². The summed E-state index contributed by atoms with van der Waals surface area (Å²) < 4.78 is 1.68. The Balaban J connectivity index is 1.77. The highest BCUT2D eigenvalue weighted by molar-refractivity contribution is 7.99. The molecule has 1 N–H and O–H groups in total. The van der Waals surface area contributed by atoms with Crippen molar-refractivity contribution >= 4 is 28.8 Å². The Hall–Kier alpha value is -1.69. The Bertz CT molecular complexity index is 562. The van der Waals surface area contributed by atoms with Crippen LogP contribution in [0.5, 0.6) is 0 Å². The second kappa shape index (κ2) is 4.89. The molecule has 1 fully saturated rings. The number of nitrogens with zero attached hydrogens (tertiary/aromatic N) is 3. The lowest BCUT2D eigenvalue weighted by molar-refractivity contribution is 0.214. The number of amides is 2. The zero-order valence-corrected chi connectivity index (χ0v) is 10.7. The number of carbonyl (C=O) groups excluding carboxylic acids is 1. The average molecular weight is 262 g/mol. The van der Waals surface area contributed by atoms with Crippen molar-refractivity contribution in [2.24, 2.45) is 0 Å². The van der Waals surface area contributed by atoms with Crippen LogP contribution in [-0.4, -0.2) is 45.2 Å². The van der Waals surface area contributed by atoms with E-state index in [0.29, 0.717) is 0 Å². The maximum atomic E-state index is 12.1. The molecule has 6 heteroatoms. The quantitative estimate of drug-likeness (QED) is 0.852. The van der Waals surface area contributed by atoms with Gasteiger partial charge >= 0.3 is 6.03 Å². The molecule has 0 aliphatic carbocycles. The van der Waals surface area contributed by atoms with Gasteiger partial charge in [0.2, 0.25) is 0 Å². The molecule has 94 valence electrons. The van der Waals surface area contributed by atoms with Crippen molar-refractivity contribution in [3.8, 4) is 0 Å². The second-order valence-corrected chi connectivity index (χ2v) is 5.34. The summed E-state index contributed by atoms with van der Waals surface area (Å²) in [5, 5.41) is 0. The van der Waals surface area contributed by atoms with E-state index in [1.807, 2.05) is 40.9 Å². The fourth-order valence-corrected chi connectivity index (χ4v) is 2.89. The van der Waals surface area contributed by atoms with Gasteiger partial charge in [0.1, 0.15) is 6.33 Å². The molecule has 0 spiro atoms. The predicted octanol–water partition coefficient (Wildman–Crippen LogP) is 1.75. The Morgan fingerprint density at radius 3 is 2.89 bits per heavy atom. The molecule has 1 saturated heterocycles. The van der Waals surface area contributed by atoms with Crippen LogP contribution >= 0.6 is 11.8 Å². The third kappa shape index (κ3) is 2.15. The number of imidazole rings is 1. The molecule has 1 aromatic heterocycles. The highest BCUT2D eigenvalue weighted by Gasteiger charge is 2.17. The topological polar surface area (TPSA) is 50.2 Å². The van der Waals surface area contributed by atoms with Crippen LogP contribution in [0.2, 0.25) is 0 Å². The van der Waals surface area contributed by atoms with E-state index in [-0.39, 0.29) is 6.03 Å². The number of para-hydroxylation sites is 2. The van der Waals surface area contributed by atoms with Crippen LogP contribution in [0.1, 0.15) is 0 Å². The molecule has 0 radical (unpaired) electrons. The van der Waals surface area contributed by atoms with Gasteiger partial charge in [-0.05, 0) is 12.1 Å². The number of hydrogen-bond donors (Lipinski definition) is 1. The van der Waals surface area contributed by atoms with Crippen molar-refractivity contribution in [1.82, 2.24) is 14.6 Å². The number of thioether (sulfide) groups is 1. The largest absolute Gasteiger partial charge is 0.336 e. The summed E-state index contributed by atoms with van der Waals surface area (Å²) in [6.07, 6.45) is 1.64. The number of fused-ring (bicyclic) bond motifs is 1. The Morgan fingerprint density at radius 1 is 1.28 bits per heavy atom. The van der Waals surface area contributed by atoms with E-state index >= 15 is 0 Å². The minimum Gasteiger partial charge on any atom is -0.322 e. The van der Waals surface area contributed by atoms with Gasteiger partial charge in [-0.15, -0.1) is 0 Å². The third-order valence-electron chi connectivity index (χ3n) is 2.97. The van der Waals surface area contributed by atoms with Gasteiger partial charge in [-0.1, -0.05) is 12.1 Å². The zero-order chi connectivity index (χ0) is 12.4. The minimum absolute atomic E-state index is 0.0570. The van der Waals surface area contributed by atoms with Crippen LogP contribution in [0, 0.1) is 0 Å². The summed E-state index contributed by atoms with van der Waals surface area (Å²) >= 11 is 1.89. The number of urea groups is 1. The first-order chi connectivity index (χ1) is 8.84. The Labute approximate surface area is 109 Å². The van der Waals surface area contributed by atoms with Gasteiger partial charge in [0.15, 0.2) is 0 Å². The molecule has 0 saturated carbocycles. The molecular weight excluding hydrogens is 248 g/mol. The zero-order valence-electron chi connectivity index (χ0n) is 9.87. The van der Waals surface area contributed by atoms with Crippen molar-refractivity contribution in [2.45, 2.75) is 0 Å². The van der Waals surface area contributed by atoms with E-state index < -0.39 is 0 Å². The van der Waals surface area contributed by atoms with E-state index in [0.717, 1.165) is 35.6 Å². The smallest absolute Gasteiger partial charge is 0.322 e. The maximum Gasteiger partial charge on any atom is 0.336 e. The van der Waals surface area contributed by atoms with Crippen molar-refractivity contribution in [3.63, 3.8) is 0 Å². The molecule has 1 aliphatic rings. The van der Waals surface area contributed by atoms with Gasteiger partial charge < -0.3 is 4.90 Å². The van der Waals surface area contributed by atoms with Gasteiger partial charge in [-0.2, -0.15) is 11.8 Å². The van der Waals surface area contributed by atoms with Crippen LogP contribution in [-0.2, 0) is 0 Å². The molecule has 5 nitrogen and oxygen atoms in total. The van der Waals surface area contributed by atoms with Crippen LogP contribution < -0.4 is 5.43 Å². The molecule has 0 unspecified atom stereocenters. The standard InChI is InChI=1S/C12H14N4OS/c17-12(15-5-7-18-8-6-15)14-16-9-13-10-3-1-2-4-11(10)16/h1-4,9H,5-8H2,(H,14,17). The first kappa shape index (κ1) is 11.4. The molecule has 0 bridgehead atoms. The predicted molar refractivity (Wildman–Crippen MR) is 73.4 cm³/mol. The monoisotopic (exact) mass is 262 g/mol. The molecule has 1 aromatic carbocycles. The number of carbonyl (C=O) groups is 1. The van der Waals surface area contributed by atoms with E-state index in [2.05, 4.69) is 10.4 Å². The lowest BCUT2D eigenvalue weighted by Crippen LogP contribution is -2.43. The van der Waals surface area contributed by atoms with Crippen molar-refractivity contribution in [1.29, 1.82) is 0 Å². The molecule has 2 heterocycles. The summed E-state index contributed by atoms with van der Waals surface area (Å²) in [5.74, 6) is 2.02. The van der Waals surface area contributed by atoms with E-state index in [1.165, 1.54) is 0 Å². The SMILES string of the molecule is O=C(Nn1cnc2ccccc21)N1CCSCC1. The summed E-state index contributed by atoms with van der Waals surface area (Å²) in [7, 11) is 0. The molecule has 2 aromatic rings. The van der Waals surface area contributed by atoms with Gasteiger partial charge in [-0.3, -0.25) is 0 Å². The maximum absolute atomic E-state index is 12.1. The molecule has 1 aliphatic heterocycles. The van der Waals surface area contributed by atoms with Crippen molar-refractivity contribution in [3.05, 3.63) is 30.6 Å². The normalized spacial score (nSPS) is 15.9. The number of rotatable bonds is 1. The minimum atomic E-state index is -0.0570. The van der Waals surface area contributed by atoms with Crippen LogP contribution in [0.3, 0.4) is 0 Å². The van der Waals surface area contributed by atoms with E-state index in [9.17, 15) is 4.79 Å². The molecular formula is C12H14N4OS. The molecule has 18 heavy (non-hydrogen) atoms. The van der Waals surface area contributed by atoms with Gasteiger partial charge in [0.05, 0.1) is 11.0 Å². The van der Waals surface area contributed by atoms with Gasteiger partial charge in [0, 0.05) is 24.6 Å². The number of aromatic nitrogens is 2. The first-order valence-electron chi connectivity index (χ1n) is 5.90. The molecule has 0 atom stereocenters. The number of hydrogen-bond acceptors (Lipinski definition) is 3. The number of nitrogens with one attached hydrogen (secondary N) is 1. The van der Waals surface area contributed by atoms with Crippen molar-refractivity contribution < 1.29 is 4.79 Å². The van der Waals surface area contributed by atoms with E-state index in [1.54, 1.807) is 11.0 Å². The fraction of sp³-hybridized carbons (Fsp3) is 0.333. The van der Waals surface area contributed by atoms with Gasteiger partial charge in [-0.25, -0.2) is 19.9 Å². The van der Waals surface area contributed by atoms with Crippen LogP contribution in [0.15, 0.2) is 30.6 Å². The number of benzene rings is 1. The lowest BCUT2D eigenvalue weighted by atomic mass is 10.3. The lowest BCUT2D eigenvalue weighted by Gasteiger charge is -2.26. The summed E-state index contributed by atoms with van der Waals surface area (Å²) in [6, 6.07) is 7.68. The Morgan fingerprint density at radius 2 is 2.06 bits per heavy atom. The fourth-order valence-electron chi connectivity index (χ4n) is 1.99. The summed E-state index contributed by atoms with van der Waals surface area (Å²) in [4.78, 5) is 18.1. The Kier molecular flexibility index (Phi) is 3.10. The van der Waals surface area contributed by atoms with Gasteiger partial charge in [0.25, 0.3) is 0 Å². The highest BCUT2D eigenvalue weighted by Crippen LogP contribution is 2.12. The average Bonchev–Trinajstić information content (AvgIpc) is 2.83. The molecule has 3 rings (SSSR count). The summed E-state index contributed by atoms with van der Waals surface area (Å²) in [5.41, 5.74) is 4.66. The van der Waals surface area contributed by atoms with Crippen LogP contribution in [0.25, 0.3) is 11.0 Å². The van der Waals surface area contributed by atoms with E-state index in [4.69, 9.17) is 0 Å². The summed E-state index contributed by atoms with van der Waals surface area (Å²) in [6.45, 7) is 1.62. The first-order valence-corrected chi connectivity index (χ1v) is 7.06. The second-order valence-electron chi connectivity index (χ2n) is 4.12. The molecule has 2 amide bonds. The highest BCUT2D eigenvalue weighted by atomic mass is 32.2. The van der Waals surface area contributed by atoms with Crippen LogP contribution in [0.4, 0.5) is 4.79 Å². The third-order valence-corrected chi connectivity index (χ3v) is 3.91.